The zero-order valence-electron chi connectivity index (χ0n) is 18.3. The van der Waals surface area contributed by atoms with Crippen LogP contribution in [0.1, 0.15) is 0 Å². The summed E-state index contributed by atoms with van der Waals surface area (Å²) in [6, 6.07) is 12.4. The summed E-state index contributed by atoms with van der Waals surface area (Å²) < 4.78 is 12.9. The normalized spacial score (nSPS) is 26.9. The highest BCUT2D eigenvalue weighted by Gasteiger charge is 2.73. The molecule has 6 rings (SSSR count). The summed E-state index contributed by atoms with van der Waals surface area (Å²) >= 11 is 0. The number of halogens is 1. The van der Waals surface area contributed by atoms with E-state index in [4.69, 9.17) is 0 Å². The Morgan fingerprint density at radius 1 is 1.03 bits per heavy atom. The van der Waals surface area contributed by atoms with Gasteiger partial charge in [-0.2, -0.15) is 4.90 Å². The van der Waals surface area contributed by atoms with Crippen LogP contribution >= 0.6 is 0 Å². The molecule has 2 bridgehead atoms. The van der Waals surface area contributed by atoms with Crippen LogP contribution in [0.25, 0.3) is 10.8 Å². The van der Waals surface area contributed by atoms with E-state index in [9.17, 15) is 28.9 Å². The van der Waals surface area contributed by atoms with E-state index in [1.54, 1.807) is 24.3 Å². The van der Waals surface area contributed by atoms with Crippen molar-refractivity contribution in [2.45, 2.75) is 12.1 Å². The number of nitro groups is 1. The fraction of sp³-hybridized carbons (Fsp3) is 0.208. The van der Waals surface area contributed by atoms with Gasteiger partial charge < -0.3 is 5.32 Å². The number of carbonyl (C=O) groups is 3. The lowest BCUT2D eigenvalue weighted by molar-refractivity contribution is -0.852. The van der Waals surface area contributed by atoms with E-state index in [-0.39, 0.29) is 22.5 Å². The maximum absolute atomic E-state index is 13.9. The second kappa shape index (κ2) is 7.39. The number of anilines is 2. The lowest BCUT2D eigenvalue weighted by Gasteiger charge is -2.32. The Bertz CT molecular complexity index is 1440. The Labute approximate surface area is 197 Å². The molecule has 3 heterocycles. The number of urea groups is 1. The van der Waals surface area contributed by atoms with Crippen molar-refractivity contribution in [2.24, 2.45) is 0 Å². The number of non-ortho nitro benzene ring substituents is 1. The molecule has 0 radical (unpaired) electrons. The fourth-order valence-electron chi connectivity index (χ4n) is 5.64. The van der Waals surface area contributed by atoms with E-state index in [0.717, 1.165) is 4.90 Å². The van der Waals surface area contributed by atoms with Crippen molar-refractivity contribution in [1.82, 2.24) is 4.90 Å². The first-order chi connectivity index (χ1) is 16.8. The van der Waals surface area contributed by atoms with Crippen LogP contribution in [0, 0.1) is 15.9 Å². The smallest absolute Gasteiger partial charge is 0.321 e. The molecular weight excluding hydrogens is 457 g/mol. The quantitative estimate of drug-likeness (QED) is 0.268. The van der Waals surface area contributed by atoms with Crippen LogP contribution < -0.4 is 10.2 Å². The number of benzene rings is 3. The number of piperazine rings is 1. The molecule has 176 valence electrons. The highest BCUT2D eigenvalue weighted by Crippen LogP contribution is 2.45. The van der Waals surface area contributed by atoms with Crippen LogP contribution in [0.4, 0.5) is 26.2 Å². The number of nitro benzene ring substituents is 1. The number of rotatable bonds is 4. The topological polar surface area (TPSA) is 113 Å². The summed E-state index contributed by atoms with van der Waals surface area (Å²) in [6.07, 6.45) is 0. The van der Waals surface area contributed by atoms with Crippen molar-refractivity contribution in [3.8, 4) is 0 Å². The maximum Gasteiger partial charge on any atom is 0.433 e. The van der Waals surface area contributed by atoms with Crippen molar-refractivity contribution in [1.29, 1.82) is 0 Å². The molecule has 0 aromatic heterocycles. The van der Waals surface area contributed by atoms with Gasteiger partial charge in [0.25, 0.3) is 17.5 Å². The minimum atomic E-state index is -0.829. The van der Waals surface area contributed by atoms with Crippen molar-refractivity contribution in [2.75, 3.05) is 30.0 Å². The second-order valence-electron chi connectivity index (χ2n) is 9.00. The number of hydrogen-bond donors (Lipinski definition) is 1. The fourth-order valence-corrected chi connectivity index (χ4v) is 5.64. The predicted molar refractivity (Wildman–Crippen MR) is 123 cm³/mol. The van der Waals surface area contributed by atoms with Crippen LogP contribution in [0.2, 0.25) is 0 Å². The van der Waals surface area contributed by atoms with Crippen molar-refractivity contribution < 1.29 is 28.2 Å². The largest absolute Gasteiger partial charge is 0.433 e. The van der Waals surface area contributed by atoms with Gasteiger partial charge in [0.1, 0.15) is 12.5 Å². The minimum Gasteiger partial charge on any atom is -0.321 e. The first kappa shape index (κ1) is 21.3. The van der Waals surface area contributed by atoms with E-state index in [1.165, 1.54) is 36.4 Å². The van der Waals surface area contributed by atoms with E-state index in [2.05, 4.69) is 5.32 Å². The second-order valence-corrected chi connectivity index (χ2v) is 9.00. The molecule has 3 aliphatic rings. The van der Waals surface area contributed by atoms with Gasteiger partial charge in [0.15, 0.2) is 12.1 Å². The predicted octanol–water partition coefficient (Wildman–Crippen LogP) is 2.83. The van der Waals surface area contributed by atoms with Gasteiger partial charge >= 0.3 is 6.03 Å². The zero-order chi connectivity index (χ0) is 24.5. The molecular formula is C24H19FN5O5+. The molecule has 1 spiro atoms. The van der Waals surface area contributed by atoms with Crippen LogP contribution in [0.5, 0.6) is 0 Å². The van der Waals surface area contributed by atoms with Crippen molar-refractivity contribution in [3.05, 3.63) is 76.6 Å². The van der Waals surface area contributed by atoms with Crippen LogP contribution in [0.3, 0.4) is 0 Å². The minimum absolute atomic E-state index is 0.125. The van der Waals surface area contributed by atoms with Gasteiger partial charge in [0, 0.05) is 17.1 Å². The summed E-state index contributed by atoms with van der Waals surface area (Å²) in [5, 5.41) is 15.0. The van der Waals surface area contributed by atoms with Crippen molar-refractivity contribution >= 4 is 45.7 Å². The molecule has 4 amide bonds. The van der Waals surface area contributed by atoms with Crippen LogP contribution in [0.15, 0.2) is 60.7 Å². The van der Waals surface area contributed by atoms with Gasteiger partial charge in [-0.1, -0.05) is 18.2 Å². The van der Waals surface area contributed by atoms with Crippen LogP contribution in [-0.2, 0) is 9.59 Å². The third-order valence-corrected chi connectivity index (χ3v) is 7.19. The summed E-state index contributed by atoms with van der Waals surface area (Å²) in [5.74, 6) is -1.30. The molecule has 1 N–H and O–H groups in total. The van der Waals surface area contributed by atoms with Gasteiger partial charge in [0.2, 0.25) is 0 Å². The summed E-state index contributed by atoms with van der Waals surface area (Å²) in [6.45, 7) is 0.863. The number of nitrogens with zero attached hydrogens (tertiary/aromatic N) is 4. The molecule has 3 fully saturated rings. The number of fused-ring (bicyclic) bond motifs is 2. The molecule has 0 aliphatic carbocycles. The molecule has 3 saturated heterocycles. The summed E-state index contributed by atoms with van der Waals surface area (Å²) in [4.78, 5) is 54.8. The molecule has 3 aromatic rings. The Morgan fingerprint density at radius 3 is 2.46 bits per heavy atom. The standard InChI is InChI=1S/C24H18FN5O5/c25-14-5-7-15(8-6-14)26-22(31)20-11-27-12-21-23(32)28(24(33)30(20,21)13-27)18-9-10-19(29(34)35)17-4-2-1-3-16(17)18/h1-10,20-21H,11-13H2/p+1. The number of amides is 4. The van der Waals surface area contributed by atoms with E-state index < -0.39 is 40.7 Å². The summed E-state index contributed by atoms with van der Waals surface area (Å²) in [5.41, 5.74) is 0.528. The Kier molecular flexibility index (Phi) is 4.50. The maximum atomic E-state index is 13.9. The molecule has 4 atom stereocenters. The third kappa shape index (κ3) is 2.92. The van der Waals surface area contributed by atoms with Gasteiger partial charge in [0.05, 0.1) is 29.1 Å². The average molecular weight is 476 g/mol. The number of hydrogen-bond acceptors (Lipinski definition) is 6. The molecule has 3 aromatic carbocycles. The lowest BCUT2D eigenvalue weighted by atomic mass is 10.1. The number of carbonyl (C=O) groups excluding carboxylic acids is 3. The van der Waals surface area contributed by atoms with Gasteiger partial charge in [-0.05, 0) is 36.4 Å². The first-order valence-corrected chi connectivity index (χ1v) is 11.0. The molecule has 4 unspecified atom stereocenters. The highest BCUT2D eigenvalue weighted by atomic mass is 19.1. The Hall–Kier alpha value is -4.22. The SMILES string of the molecule is O=C(Nc1ccc(F)cc1)C1CN2CC3C(=O)N(c4ccc([N+](=O)[O-])c5ccccc45)C(=O)[N+]13C2. The van der Waals surface area contributed by atoms with E-state index in [0.29, 0.717) is 29.5 Å². The number of nitrogens with one attached hydrogen (secondary N) is 1. The molecule has 0 saturated carbocycles. The van der Waals surface area contributed by atoms with E-state index >= 15 is 0 Å². The van der Waals surface area contributed by atoms with Gasteiger partial charge in [-0.3, -0.25) is 19.7 Å². The molecule has 11 heteroatoms. The van der Waals surface area contributed by atoms with Crippen molar-refractivity contribution in [3.63, 3.8) is 0 Å². The van der Waals surface area contributed by atoms with Gasteiger partial charge in [-0.25, -0.2) is 18.6 Å². The third-order valence-electron chi connectivity index (χ3n) is 7.19. The number of quaternary nitrogens is 1. The average Bonchev–Trinajstić information content (AvgIpc) is 3.48. The van der Waals surface area contributed by atoms with Gasteiger partial charge in [-0.15, -0.1) is 0 Å². The molecule has 35 heavy (non-hydrogen) atoms. The lowest BCUT2D eigenvalue weighted by Crippen LogP contribution is -2.63. The molecule has 10 nitrogen and oxygen atoms in total. The molecule has 3 aliphatic heterocycles. The Morgan fingerprint density at radius 2 is 1.74 bits per heavy atom. The number of imide groups is 1. The van der Waals surface area contributed by atoms with Crippen LogP contribution in [-0.4, -0.2) is 64.0 Å². The Balaban J connectivity index is 1.40. The zero-order valence-corrected chi connectivity index (χ0v) is 18.3. The van der Waals surface area contributed by atoms with E-state index in [1.807, 2.05) is 4.90 Å². The monoisotopic (exact) mass is 476 g/mol. The highest BCUT2D eigenvalue weighted by molar-refractivity contribution is 6.22. The summed E-state index contributed by atoms with van der Waals surface area (Å²) in [7, 11) is 0. The first-order valence-electron chi connectivity index (χ1n) is 11.0.